The van der Waals surface area contributed by atoms with Crippen LogP contribution in [0.3, 0.4) is 0 Å². The third-order valence-corrected chi connectivity index (χ3v) is 4.73. The molecule has 2 aliphatic rings. The molecule has 0 unspecified atom stereocenters. The van der Waals surface area contributed by atoms with Gasteiger partial charge in [0.25, 0.3) is 0 Å². The first-order valence-electron chi connectivity index (χ1n) is 8.36. The zero-order valence-electron chi connectivity index (χ0n) is 14.0. The Hall–Kier alpha value is -0.0300. The Balaban J connectivity index is 0.00000220. The van der Waals surface area contributed by atoms with E-state index in [2.05, 4.69) is 18.7 Å². The van der Waals surface area contributed by atoms with E-state index in [0.717, 1.165) is 45.1 Å². The van der Waals surface area contributed by atoms with Gasteiger partial charge in [-0.3, -0.25) is 9.69 Å². The second kappa shape index (κ2) is 10.7. The van der Waals surface area contributed by atoms with Crippen LogP contribution in [-0.4, -0.2) is 54.0 Å². The third kappa shape index (κ3) is 6.23. The molecule has 6 heteroatoms. The lowest BCUT2D eigenvalue weighted by Crippen LogP contribution is -2.46. The van der Waals surface area contributed by atoms with Crippen LogP contribution in [0, 0.1) is 5.92 Å². The van der Waals surface area contributed by atoms with Crippen LogP contribution in [0.5, 0.6) is 0 Å². The van der Waals surface area contributed by atoms with Gasteiger partial charge < -0.3 is 10.6 Å². The van der Waals surface area contributed by atoms with Crippen LogP contribution in [0.15, 0.2) is 0 Å². The number of carbonyl (C=O) groups is 1. The van der Waals surface area contributed by atoms with Gasteiger partial charge in [-0.1, -0.05) is 26.7 Å². The van der Waals surface area contributed by atoms with Gasteiger partial charge in [-0.05, 0) is 31.6 Å². The minimum absolute atomic E-state index is 0. The van der Waals surface area contributed by atoms with E-state index in [1.807, 2.05) is 4.90 Å². The van der Waals surface area contributed by atoms with Gasteiger partial charge in [0.05, 0.1) is 6.04 Å². The summed E-state index contributed by atoms with van der Waals surface area (Å²) >= 11 is 0. The van der Waals surface area contributed by atoms with E-state index < -0.39 is 0 Å². The van der Waals surface area contributed by atoms with Gasteiger partial charge in [0.1, 0.15) is 0 Å². The number of nitrogens with two attached hydrogens (primary N) is 1. The van der Waals surface area contributed by atoms with Gasteiger partial charge in [-0.15, -0.1) is 24.8 Å². The Labute approximate surface area is 148 Å². The minimum atomic E-state index is -0.312. The molecular weight excluding hydrogens is 321 g/mol. The SMILES string of the molecule is CC(C)C[C@H](N)C(=O)N1CCCN(C2CCCC2)CC1.Cl.Cl. The molecule has 0 spiro atoms. The second-order valence-corrected chi connectivity index (χ2v) is 6.89. The highest BCUT2D eigenvalue weighted by molar-refractivity contribution is 5.85. The van der Waals surface area contributed by atoms with E-state index in [9.17, 15) is 4.79 Å². The number of hydrogen-bond donors (Lipinski definition) is 1. The monoisotopic (exact) mass is 353 g/mol. The molecule has 0 bridgehead atoms. The van der Waals surface area contributed by atoms with Crippen LogP contribution in [0.1, 0.15) is 52.4 Å². The molecule has 1 aliphatic carbocycles. The molecular formula is C16H33Cl2N3O. The van der Waals surface area contributed by atoms with Crippen molar-refractivity contribution in [3.05, 3.63) is 0 Å². The molecule has 0 aromatic rings. The molecule has 2 fully saturated rings. The highest BCUT2D eigenvalue weighted by Gasteiger charge is 2.28. The zero-order chi connectivity index (χ0) is 14.5. The van der Waals surface area contributed by atoms with Crippen molar-refractivity contribution in [1.82, 2.24) is 9.80 Å². The highest BCUT2D eigenvalue weighted by atomic mass is 35.5. The van der Waals surface area contributed by atoms with Crippen molar-refractivity contribution in [2.45, 2.75) is 64.5 Å². The Kier molecular flexibility index (Phi) is 10.7. The topological polar surface area (TPSA) is 49.6 Å². The van der Waals surface area contributed by atoms with Gasteiger partial charge in [-0.25, -0.2) is 0 Å². The van der Waals surface area contributed by atoms with Gasteiger partial charge >= 0.3 is 0 Å². The van der Waals surface area contributed by atoms with Gasteiger partial charge in [-0.2, -0.15) is 0 Å². The van der Waals surface area contributed by atoms with E-state index in [0.29, 0.717) is 5.92 Å². The average molecular weight is 354 g/mol. The summed E-state index contributed by atoms with van der Waals surface area (Å²) in [6.45, 7) is 8.17. The summed E-state index contributed by atoms with van der Waals surface area (Å²) in [5.74, 6) is 0.642. The summed E-state index contributed by atoms with van der Waals surface area (Å²) in [7, 11) is 0. The lowest BCUT2D eigenvalue weighted by molar-refractivity contribution is -0.132. The van der Waals surface area contributed by atoms with Crippen LogP contribution >= 0.6 is 24.8 Å². The molecule has 132 valence electrons. The fourth-order valence-corrected chi connectivity index (χ4v) is 3.64. The quantitative estimate of drug-likeness (QED) is 0.845. The molecule has 0 aromatic carbocycles. The maximum Gasteiger partial charge on any atom is 0.239 e. The number of rotatable bonds is 4. The van der Waals surface area contributed by atoms with E-state index in [-0.39, 0.29) is 36.8 Å². The van der Waals surface area contributed by atoms with E-state index in [1.54, 1.807) is 0 Å². The molecule has 1 heterocycles. The highest BCUT2D eigenvalue weighted by Crippen LogP contribution is 2.24. The molecule has 0 aromatic heterocycles. The predicted molar refractivity (Wildman–Crippen MR) is 97.0 cm³/mol. The van der Waals surface area contributed by atoms with E-state index in [1.165, 1.54) is 25.7 Å². The first-order chi connectivity index (χ1) is 9.58. The number of nitrogens with zero attached hydrogens (tertiary/aromatic N) is 2. The summed E-state index contributed by atoms with van der Waals surface area (Å²) < 4.78 is 0. The second-order valence-electron chi connectivity index (χ2n) is 6.89. The van der Waals surface area contributed by atoms with Crippen LogP contribution in [0.2, 0.25) is 0 Å². The maximum atomic E-state index is 12.4. The molecule has 2 rings (SSSR count). The van der Waals surface area contributed by atoms with Crippen molar-refractivity contribution >= 4 is 30.7 Å². The largest absolute Gasteiger partial charge is 0.340 e. The van der Waals surface area contributed by atoms with Crippen LogP contribution in [0.25, 0.3) is 0 Å². The Bertz CT molecular complexity index is 323. The average Bonchev–Trinajstić information content (AvgIpc) is 2.82. The molecule has 2 N–H and O–H groups in total. The summed E-state index contributed by atoms with van der Waals surface area (Å²) in [5.41, 5.74) is 6.05. The Morgan fingerprint density at radius 1 is 1.05 bits per heavy atom. The molecule has 1 saturated heterocycles. The van der Waals surface area contributed by atoms with E-state index >= 15 is 0 Å². The van der Waals surface area contributed by atoms with Crippen molar-refractivity contribution in [2.75, 3.05) is 26.2 Å². The minimum Gasteiger partial charge on any atom is -0.340 e. The van der Waals surface area contributed by atoms with E-state index in [4.69, 9.17) is 5.73 Å². The van der Waals surface area contributed by atoms with Crippen LogP contribution in [0.4, 0.5) is 0 Å². The summed E-state index contributed by atoms with van der Waals surface area (Å²) in [4.78, 5) is 17.0. The first kappa shape index (κ1) is 22.0. The number of hydrogen-bond acceptors (Lipinski definition) is 3. The smallest absolute Gasteiger partial charge is 0.239 e. The zero-order valence-corrected chi connectivity index (χ0v) is 15.6. The van der Waals surface area contributed by atoms with Crippen molar-refractivity contribution in [1.29, 1.82) is 0 Å². The maximum absolute atomic E-state index is 12.4. The van der Waals surface area contributed by atoms with Gasteiger partial charge in [0.15, 0.2) is 0 Å². The van der Waals surface area contributed by atoms with Crippen molar-refractivity contribution in [3.63, 3.8) is 0 Å². The molecule has 0 radical (unpaired) electrons. The summed E-state index contributed by atoms with van der Waals surface area (Å²) in [6.07, 6.45) is 7.34. The Morgan fingerprint density at radius 2 is 1.68 bits per heavy atom. The van der Waals surface area contributed by atoms with Gasteiger partial charge in [0.2, 0.25) is 5.91 Å². The van der Waals surface area contributed by atoms with Crippen LogP contribution < -0.4 is 5.73 Å². The molecule has 22 heavy (non-hydrogen) atoms. The van der Waals surface area contributed by atoms with Crippen molar-refractivity contribution < 1.29 is 4.79 Å². The van der Waals surface area contributed by atoms with Crippen LogP contribution in [-0.2, 0) is 4.79 Å². The van der Waals surface area contributed by atoms with Crippen molar-refractivity contribution in [2.24, 2.45) is 11.7 Å². The summed E-state index contributed by atoms with van der Waals surface area (Å²) in [5, 5.41) is 0. The lowest BCUT2D eigenvalue weighted by Gasteiger charge is -2.28. The van der Waals surface area contributed by atoms with Gasteiger partial charge in [0, 0.05) is 32.2 Å². The lowest BCUT2D eigenvalue weighted by atomic mass is 10.0. The predicted octanol–water partition coefficient (Wildman–Crippen LogP) is 2.68. The van der Waals surface area contributed by atoms with Crippen molar-refractivity contribution in [3.8, 4) is 0 Å². The molecule has 1 atom stereocenters. The molecule has 4 nitrogen and oxygen atoms in total. The fraction of sp³-hybridized carbons (Fsp3) is 0.938. The first-order valence-corrected chi connectivity index (χ1v) is 8.36. The fourth-order valence-electron chi connectivity index (χ4n) is 3.64. The number of halogens is 2. The molecule has 1 aliphatic heterocycles. The number of carbonyl (C=O) groups excluding carboxylic acids is 1. The molecule has 1 amide bonds. The molecule has 1 saturated carbocycles. The standard InChI is InChI=1S/C16H31N3O.2ClH/c1-13(2)12-15(17)16(20)19-9-5-8-18(10-11-19)14-6-3-4-7-14;;/h13-15H,3-12,17H2,1-2H3;2*1H/t15-;;/m0../s1. The Morgan fingerprint density at radius 3 is 2.27 bits per heavy atom. The number of amides is 1. The third-order valence-electron chi connectivity index (χ3n) is 4.73. The normalized spacial score (nSPS) is 21.9. The summed E-state index contributed by atoms with van der Waals surface area (Å²) in [6, 6.07) is 0.461.